The molecule has 2 aromatic carbocycles. The Morgan fingerprint density at radius 1 is 1.06 bits per heavy atom. The lowest BCUT2D eigenvalue weighted by Crippen LogP contribution is -2.69. The number of benzene rings is 2. The van der Waals surface area contributed by atoms with Gasteiger partial charge in [-0.1, -0.05) is 87.5 Å². The third-order valence-electron chi connectivity index (χ3n) is 6.54. The Labute approximate surface area is 208 Å². The van der Waals surface area contributed by atoms with Crippen LogP contribution in [0.1, 0.15) is 34.6 Å². The van der Waals surface area contributed by atoms with Crippen molar-refractivity contribution in [2.45, 2.75) is 76.1 Å². The van der Waals surface area contributed by atoms with Crippen molar-refractivity contribution in [1.82, 2.24) is 0 Å². The minimum atomic E-state index is -2.88. The molecular formula is C27H33NO4SSi. The lowest BCUT2D eigenvalue weighted by Gasteiger charge is -2.46. The Kier molecular flexibility index (Phi) is 7.09. The zero-order chi connectivity index (χ0) is 24.6. The molecule has 2 aliphatic heterocycles. The Hall–Kier alpha value is -1.96. The van der Waals surface area contributed by atoms with Crippen molar-refractivity contribution >= 4 is 36.1 Å². The molecular weight excluding hydrogens is 462 g/mol. The van der Waals surface area contributed by atoms with Crippen molar-refractivity contribution < 1.29 is 18.6 Å². The second-order valence-electron chi connectivity index (χ2n) is 10.3. The molecule has 0 saturated carbocycles. The van der Waals surface area contributed by atoms with Gasteiger partial charge in [-0.15, -0.1) is 6.58 Å². The topological polar surface area (TPSA) is 49.3 Å². The van der Waals surface area contributed by atoms with Gasteiger partial charge in [-0.2, -0.15) is 0 Å². The second-order valence-corrected chi connectivity index (χ2v) is 14.7. The molecule has 2 heterocycles. The van der Waals surface area contributed by atoms with Crippen molar-refractivity contribution in [1.29, 1.82) is 0 Å². The number of fused-ring (bicyclic) bond motifs is 1. The van der Waals surface area contributed by atoms with Gasteiger partial charge in [-0.05, 0) is 41.5 Å². The fourth-order valence-electron chi connectivity index (χ4n) is 5.13. The maximum atomic E-state index is 7.42. The number of nitrogens with zero attached hydrogens (tertiary/aromatic N) is 1. The van der Waals surface area contributed by atoms with E-state index in [9.17, 15) is 0 Å². The lowest BCUT2D eigenvalue weighted by atomic mass is 10.0. The minimum Gasteiger partial charge on any atom is -0.399 e. The van der Waals surface area contributed by atoms with Gasteiger partial charge in [0.05, 0.1) is 5.16 Å². The van der Waals surface area contributed by atoms with Crippen LogP contribution in [0.2, 0.25) is 5.04 Å². The Morgan fingerprint density at radius 3 is 2.09 bits per heavy atom. The highest BCUT2D eigenvalue weighted by Crippen LogP contribution is 2.44. The quantitative estimate of drug-likeness (QED) is 0.246. The van der Waals surface area contributed by atoms with Crippen LogP contribution in [0.3, 0.4) is 0 Å². The zero-order valence-corrected chi connectivity index (χ0v) is 22.2. The van der Waals surface area contributed by atoms with Gasteiger partial charge >= 0.3 is 0 Å². The first-order valence-corrected chi connectivity index (χ1v) is 13.9. The highest BCUT2D eigenvalue weighted by Gasteiger charge is 2.61. The van der Waals surface area contributed by atoms with Crippen molar-refractivity contribution in [2.24, 2.45) is 4.99 Å². The molecule has 5 atom stereocenters. The summed E-state index contributed by atoms with van der Waals surface area (Å²) in [5.41, 5.74) is 0. The molecule has 0 aromatic heterocycles. The van der Waals surface area contributed by atoms with Crippen LogP contribution in [0.4, 0.5) is 0 Å². The normalized spacial score (nSPS) is 27.0. The molecule has 0 radical (unpaired) electrons. The molecule has 0 unspecified atom stereocenters. The van der Waals surface area contributed by atoms with E-state index in [1.54, 1.807) is 6.08 Å². The van der Waals surface area contributed by atoms with E-state index in [1.807, 2.05) is 26.0 Å². The van der Waals surface area contributed by atoms with Gasteiger partial charge in [0.15, 0.2) is 12.1 Å². The summed E-state index contributed by atoms with van der Waals surface area (Å²) in [6, 6.07) is 20.6. The van der Waals surface area contributed by atoms with Crippen molar-refractivity contribution in [3.05, 3.63) is 73.3 Å². The average molecular weight is 496 g/mol. The molecule has 0 N–H and O–H groups in total. The molecule has 34 heavy (non-hydrogen) atoms. The van der Waals surface area contributed by atoms with Crippen LogP contribution in [0.25, 0.3) is 0 Å². The second kappa shape index (κ2) is 9.59. The van der Waals surface area contributed by atoms with Crippen LogP contribution in [0.15, 0.2) is 78.3 Å². The molecule has 0 aliphatic carbocycles. The average Bonchev–Trinajstić information content (AvgIpc) is 3.27. The molecule has 7 heteroatoms. The Bertz CT molecular complexity index is 1010. The predicted molar refractivity (Wildman–Crippen MR) is 140 cm³/mol. The van der Waals surface area contributed by atoms with E-state index in [2.05, 4.69) is 86.0 Å². The molecule has 180 valence electrons. The Balaban J connectivity index is 1.89. The molecule has 2 fully saturated rings. The standard InChI is InChI=1S/C27H33NO4SSi/c1-7-21(28-18-33)22-23(24-25(29-22)31-27(5,6)30-24)32-34(26(2,3)4,19-14-10-8-11-15-19)20-16-12-9-13-17-20/h7-17,21-25H,1H2,2-6H3/t21-,22-,23+,24-,25-/m1/s1. The van der Waals surface area contributed by atoms with E-state index in [0.29, 0.717) is 0 Å². The maximum Gasteiger partial charge on any atom is 0.261 e. The highest BCUT2D eigenvalue weighted by molar-refractivity contribution is 7.78. The van der Waals surface area contributed by atoms with Crippen LogP contribution in [0.5, 0.6) is 0 Å². The van der Waals surface area contributed by atoms with Crippen molar-refractivity contribution in [2.75, 3.05) is 0 Å². The molecule has 2 aromatic rings. The number of thiocarbonyl (C=S) groups is 1. The van der Waals surface area contributed by atoms with Gasteiger partial charge in [0.1, 0.15) is 24.4 Å². The van der Waals surface area contributed by atoms with E-state index in [4.69, 9.17) is 30.9 Å². The van der Waals surface area contributed by atoms with Crippen molar-refractivity contribution in [3.8, 4) is 0 Å². The summed E-state index contributed by atoms with van der Waals surface area (Å²) in [4.78, 5) is 4.32. The van der Waals surface area contributed by atoms with E-state index >= 15 is 0 Å². The minimum absolute atomic E-state index is 0.204. The largest absolute Gasteiger partial charge is 0.399 e. The van der Waals surface area contributed by atoms with Gasteiger partial charge < -0.3 is 18.6 Å². The monoisotopic (exact) mass is 495 g/mol. The van der Waals surface area contributed by atoms with Crippen LogP contribution >= 0.6 is 12.2 Å². The summed E-state index contributed by atoms with van der Waals surface area (Å²) in [5, 5.41) is 4.65. The van der Waals surface area contributed by atoms with E-state index in [0.717, 1.165) is 0 Å². The first kappa shape index (κ1) is 25.1. The van der Waals surface area contributed by atoms with E-state index in [-0.39, 0.29) is 5.04 Å². The van der Waals surface area contributed by atoms with Crippen LogP contribution < -0.4 is 10.4 Å². The Morgan fingerprint density at radius 2 is 1.62 bits per heavy atom. The van der Waals surface area contributed by atoms with E-state index < -0.39 is 44.7 Å². The molecule has 0 amide bonds. The molecule has 5 nitrogen and oxygen atoms in total. The third kappa shape index (κ3) is 4.50. The summed E-state index contributed by atoms with van der Waals surface area (Å²) >= 11 is 4.91. The fraction of sp³-hybridized carbons (Fsp3) is 0.444. The summed E-state index contributed by atoms with van der Waals surface area (Å²) in [5.74, 6) is -0.773. The highest BCUT2D eigenvalue weighted by atomic mass is 32.1. The van der Waals surface area contributed by atoms with Gasteiger partial charge in [-0.25, -0.2) is 4.99 Å². The summed E-state index contributed by atoms with van der Waals surface area (Å²) in [7, 11) is -2.88. The van der Waals surface area contributed by atoms with Gasteiger partial charge in [0.2, 0.25) is 0 Å². The molecule has 0 spiro atoms. The van der Waals surface area contributed by atoms with Crippen molar-refractivity contribution in [3.63, 3.8) is 0 Å². The first-order chi connectivity index (χ1) is 16.1. The molecule has 0 bridgehead atoms. The maximum absolute atomic E-state index is 7.42. The number of rotatable bonds is 7. The third-order valence-corrected chi connectivity index (χ3v) is 11.7. The fourth-order valence-corrected chi connectivity index (χ4v) is 9.94. The smallest absolute Gasteiger partial charge is 0.261 e. The van der Waals surface area contributed by atoms with Gasteiger partial charge in [0.25, 0.3) is 8.32 Å². The van der Waals surface area contributed by atoms with E-state index in [1.165, 1.54) is 10.4 Å². The number of isothiocyanates is 1. The van der Waals surface area contributed by atoms with Gasteiger partial charge in [-0.3, -0.25) is 0 Å². The zero-order valence-electron chi connectivity index (χ0n) is 20.4. The van der Waals surface area contributed by atoms with Crippen LogP contribution in [-0.2, 0) is 18.6 Å². The predicted octanol–water partition coefficient (Wildman–Crippen LogP) is 4.47. The number of hydrogen-bond donors (Lipinski definition) is 0. The van der Waals surface area contributed by atoms with Crippen LogP contribution in [-0.4, -0.2) is 49.9 Å². The lowest BCUT2D eigenvalue weighted by molar-refractivity contribution is -0.214. The SMILES string of the molecule is C=C[C@@H](N=C=S)[C@H]1O[C@@H]2OC(C)(C)O[C@@H]2[C@H]1O[Si](c1ccccc1)(c1ccccc1)C(C)(C)C. The summed E-state index contributed by atoms with van der Waals surface area (Å²) in [6.07, 6.45) is -0.179. The molecule has 2 aliphatic rings. The summed E-state index contributed by atoms with van der Waals surface area (Å²) in [6.45, 7) is 14.5. The van der Waals surface area contributed by atoms with Crippen LogP contribution in [0, 0.1) is 0 Å². The number of hydrogen-bond acceptors (Lipinski definition) is 6. The number of aliphatic imine (C=N–C) groups is 1. The summed E-state index contributed by atoms with van der Waals surface area (Å²) < 4.78 is 26.2. The number of ether oxygens (including phenoxy) is 3. The molecule has 2 saturated heterocycles. The first-order valence-electron chi connectivity index (χ1n) is 11.6. The molecule has 4 rings (SSSR count). The van der Waals surface area contributed by atoms with Gasteiger partial charge in [0, 0.05) is 0 Å².